The van der Waals surface area contributed by atoms with Crippen LogP contribution in [0.5, 0.6) is 0 Å². The van der Waals surface area contributed by atoms with Crippen LogP contribution in [0.2, 0.25) is 0 Å². The van der Waals surface area contributed by atoms with E-state index in [1.165, 1.54) is 9.63 Å². The van der Waals surface area contributed by atoms with Crippen molar-refractivity contribution in [1.82, 2.24) is 4.90 Å². The lowest BCUT2D eigenvalue weighted by molar-refractivity contribution is -0.869. The fourth-order valence-corrected chi connectivity index (χ4v) is 0.795. The summed E-state index contributed by atoms with van der Waals surface area (Å²) in [6.45, 7) is 1.93. The number of rotatable bonds is 1. The van der Waals surface area contributed by atoms with Gasteiger partial charge in [-0.25, -0.2) is 4.79 Å². The van der Waals surface area contributed by atoms with Gasteiger partial charge in [0, 0.05) is 30.5 Å². The highest BCUT2D eigenvalue weighted by molar-refractivity contribution is 5.66. The van der Waals surface area contributed by atoms with Gasteiger partial charge >= 0.3 is 6.09 Å². The average molecular weight is 181 g/mol. The Morgan fingerprint density at radius 3 is 2.77 bits per heavy atom. The lowest BCUT2D eigenvalue weighted by Crippen LogP contribution is -2.48. The molecule has 70 valence electrons. The summed E-state index contributed by atoms with van der Waals surface area (Å²) in [6.07, 6.45) is 3.02. The van der Waals surface area contributed by atoms with Gasteiger partial charge in [0.15, 0.2) is 0 Å². The zero-order valence-electron chi connectivity index (χ0n) is 8.02. The predicted molar refractivity (Wildman–Crippen MR) is 47.0 cm³/mol. The monoisotopic (exact) mass is 181 g/mol. The van der Waals surface area contributed by atoms with Gasteiger partial charge in [0.25, 0.3) is 0 Å². The second-order valence-corrected chi connectivity index (χ2v) is 2.99. The Balaban J connectivity index is 2.69. The lowest BCUT2D eigenvalue weighted by Gasteiger charge is -2.04. The van der Waals surface area contributed by atoms with Crippen LogP contribution in [0.3, 0.4) is 0 Å². The Labute approximate surface area is 77.3 Å². The highest BCUT2D eigenvalue weighted by Gasteiger charge is 2.12. The van der Waals surface area contributed by atoms with Crippen LogP contribution >= 0.6 is 0 Å². The van der Waals surface area contributed by atoms with E-state index >= 15 is 0 Å². The maximum Gasteiger partial charge on any atom is 0.477 e. The molecule has 4 nitrogen and oxygen atoms in total. The number of hydrogen-bond acceptors (Lipinski definition) is 2. The van der Waals surface area contributed by atoms with Crippen LogP contribution in [0.1, 0.15) is 5.56 Å². The van der Waals surface area contributed by atoms with Crippen molar-refractivity contribution < 1.29 is 14.4 Å². The minimum atomic E-state index is -0.393. The largest absolute Gasteiger partial charge is 0.477 e. The van der Waals surface area contributed by atoms with E-state index in [1.807, 2.05) is 19.1 Å². The third-order valence-electron chi connectivity index (χ3n) is 1.47. The quantitative estimate of drug-likeness (QED) is 0.587. The zero-order chi connectivity index (χ0) is 9.84. The van der Waals surface area contributed by atoms with E-state index in [0.717, 1.165) is 5.56 Å². The molecule has 0 saturated heterocycles. The van der Waals surface area contributed by atoms with Crippen LogP contribution in [-0.4, -0.2) is 25.1 Å². The fourth-order valence-electron chi connectivity index (χ4n) is 0.795. The molecule has 0 aliphatic rings. The smallest absolute Gasteiger partial charge is 0.309 e. The Morgan fingerprint density at radius 1 is 1.54 bits per heavy atom. The van der Waals surface area contributed by atoms with Gasteiger partial charge in [-0.15, -0.1) is 0 Å². The lowest BCUT2D eigenvalue weighted by atomic mass is 10.3. The molecular weight excluding hydrogens is 168 g/mol. The van der Waals surface area contributed by atoms with Gasteiger partial charge in [0.05, 0.1) is 0 Å². The van der Waals surface area contributed by atoms with Crippen LogP contribution in [-0.2, 0) is 0 Å². The molecule has 0 unspecified atom stereocenters. The average Bonchev–Trinajstić information content (AvgIpc) is 2.04. The molecule has 0 saturated carbocycles. The number of carbonyl (C=O) groups excluding carboxylic acids is 1. The SMILES string of the molecule is Cc1ccc[n+](OC(=O)N(C)C)c1. The Hall–Kier alpha value is -1.58. The van der Waals surface area contributed by atoms with Crippen LogP contribution in [0.15, 0.2) is 24.5 Å². The highest BCUT2D eigenvalue weighted by atomic mass is 16.7. The summed E-state index contributed by atoms with van der Waals surface area (Å²) in [5, 5.41) is 0. The Kier molecular flexibility index (Phi) is 2.84. The molecule has 0 aliphatic heterocycles. The molecule has 0 bridgehead atoms. The van der Waals surface area contributed by atoms with E-state index in [0.29, 0.717) is 0 Å². The number of pyridine rings is 1. The number of amides is 1. The molecule has 4 heteroatoms. The molecular formula is C9H13N2O2+. The first-order valence-electron chi connectivity index (χ1n) is 3.97. The zero-order valence-corrected chi connectivity index (χ0v) is 8.02. The van der Waals surface area contributed by atoms with Crippen molar-refractivity contribution in [3.05, 3.63) is 30.1 Å². The standard InChI is InChI=1S/C9H13N2O2/c1-8-5-4-6-11(7-8)13-9(12)10(2)3/h4-7H,1-3H3/q+1. The van der Waals surface area contributed by atoms with Crippen molar-refractivity contribution in [2.45, 2.75) is 6.92 Å². The van der Waals surface area contributed by atoms with Gasteiger partial charge in [0.2, 0.25) is 12.4 Å². The van der Waals surface area contributed by atoms with Crippen molar-refractivity contribution in [3.8, 4) is 0 Å². The van der Waals surface area contributed by atoms with Gasteiger partial charge in [-0.3, -0.25) is 0 Å². The number of nitrogens with zero attached hydrogens (tertiary/aromatic N) is 2. The van der Waals surface area contributed by atoms with Gasteiger partial charge < -0.3 is 4.90 Å². The van der Waals surface area contributed by atoms with Crippen molar-refractivity contribution in [3.63, 3.8) is 0 Å². The first-order chi connectivity index (χ1) is 6.09. The van der Waals surface area contributed by atoms with Crippen LogP contribution < -0.4 is 9.57 Å². The summed E-state index contributed by atoms with van der Waals surface area (Å²) in [4.78, 5) is 17.4. The number of carbonyl (C=O) groups is 1. The molecule has 1 aromatic heterocycles. The summed E-state index contributed by atoms with van der Waals surface area (Å²) in [6, 6.07) is 3.75. The van der Waals surface area contributed by atoms with Crippen LogP contribution in [0.25, 0.3) is 0 Å². The van der Waals surface area contributed by atoms with Gasteiger partial charge in [-0.1, -0.05) is 0 Å². The Bertz CT molecular complexity index is 310. The van der Waals surface area contributed by atoms with Crippen LogP contribution in [0.4, 0.5) is 4.79 Å². The minimum absolute atomic E-state index is 0.393. The van der Waals surface area contributed by atoms with E-state index in [1.54, 1.807) is 26.5 Å². The topological polar surface area (TPSA) is 33.4 Å². The van der Waals surface area contributed by atoms with Crippen molar-refractivity contribution in [2.75, 3.05) is 14.1 Å². The molecule has 13 heavy (non-hydrogen) atoms. The van der Waals surface area contributed by atoms with Gasteiger partial charge in [-0.2, -0.15) is 4.84 Å². The van der Waals surface area contributed by atoms with E-state index in [9.17, 15) is 4.79 Å². The molecule has 1 heterocycles. The molecule has 0 aliphatic carbocycles. The highest BCUT2D eigenvalue weighted by Crippen LogP contribution is 1.88. The number of aromatic nitrogens is 1. The number of hydrogen-bond donors (Lipinski definition) is 0. The van der Waals surface area contributed by atoms with Crippen molar-refractivity contribution in [2.24, 2.45) is 0 Å². The Morgan fingerprint density at radius 2 is 2.23 bits per heavy atom. The van der Waals surface area contributed by atoms with Crippen LogP contribution in [0, 0.1) is 6.92 Å². The van der Waals surface area contributed by atoms with Gasteiger partial charge in [-0.05, 0) is 13.0 Å². The normalized spacial score (nSPS) is 9.46. The third-order valence-corrected chi connectivity index (χ3v) is 1.47. The maximum atomic E-state index is 11.1. The van der Waals surface area contributed by atoms with E-state index in [-0.39, 0.29) is 0 Å². The summed E-state index contributed by atoms with van der Waals surface area (Å²) in [5.74, 6) is 0. The van der Waals surface area contributed by atoms with Crippen molar-refractivity contribution >= 4 is 6.09 Å². The molecule has 1 amide bonds. The van der Waals surface area contributed by atoms with Gasteiger partial charge in [0.1, 0.15) is 0 Å². The summed E-state index contributed by atoms with van der Waals surface area (Å²) < 4.78 is 1.39. The maximum absolute atomic E-state index is 11.1. The first-order valence-corrected chi connectivity index (χ1v) is 3.97. The summed E-state index contributed by atoms with van der Waals surface area (Å²) in [5.41, 5.74) is 1.04. The molecule has 1 rings (SSSR count). The molecule has 0 fully saturated rings. The second-order valence-electron chi connectivity index (χ2n) is 2.99. The van der Waals surface area contributed by atoms with E-state index < -0.39 is 6.09 Å². The third kappa shape index (κ3) is 2.74. The molecule has 1 aromatic rings. The molecule has 0 aromatic carbocycles. The molecule has 0 atom stereocenters. The summed E-state index contributed by atoms with van der Waals surface area (Å²) >= 11 is 0. The second kappa shape index (κ2) is 3.89. The molecule has 0 N–H and O–H groups in total. The summed E-state index contributed by atoms with van der Waals surface area (Å²) in [7, 11) is 3.28. The minimum Gasteiger partial charge on any atom is -0.309 e. The molecule has 0 radical (unpaired) electrons. The first kappa shape index (κ1) is 9.51. The predicted octanol–water partition coefficient (Wildman–Crippen LogP) is 0.393. The van der Waals surface area contributed by atoms with E-state index in [4.69, 9.17) is 4.84 Å². The van der Waals surface area contributed by atoms with E-state index in [2.05, 4.69) is 0 Å². The molecule has 0 spiro atoms. The fraction of sp³-hybridized carbons (Fsp3) is 0.333. The number of aryl methyl sites for hydroxylation is 1. The van der Waals surface area contributed by atoms with Crippen molar-refractivity contribution in [1.29, 1.82) is 0 Å².